The van der Waals surface area contributed by atoms with E-state index in [1.54, 1.807) is 13.8 Å². The molecule has 6 N–H and O–H groups in total. The van der Waals surface area contributed by atoms with E-state index in [0.717, 1.165) is 0 Å². The summed E-state index contributed by atoms with van der Waals surface area (Å²) >= 11 is 0. The Bertz CT molecular complexity index is 490. The highest BCUT2D eigenvalue weighted by molar-refractivity contribution is 5.83. The number of nitrogens with zero attached hydrogens (tertiary/aromatic N) is 2. The van der Waals surface area contributed by atoms with Crippen LogP contribution in [0.2, 0.25) is 0 Å². The molecule has 0 aliphatic carbocycles. The van der Waals surface area contributed by atoms with Crippen LogP contribution in [0.5, 0.6) is 0 Å². The van der Waals surface area contributed by atoms with Gasteiger partial charge in [0.05, 0.1) is 0 Å². The highest BCUT2D eigenvalue weighted by atomic mass is 19.4. The lowest BCUT2D eigenvalue weighted by molar-refractivity contribution is -0.141. The van der Waals surface area contributed by atoms with Crippen LogP contribution >= 0.6 is 0 Å². The Morgan fingerprint density at radius 2 is 1.95 bits per heavy atom. The van der Waals surface area contributed by atoms with Crippen LogP contribution < -0.4 is 22.3 Å². The summed E-state index contributed by atoms with van der Waals surface area (Å²) in [5, 5.41) is 2.54. The molecule has 112 valence electrons. The highest BCUT2D eigenvalue weighted by Crippen LogP contribution is 2.29. The molecular weight excluding hydrogens is 277 g/mol. The molecule has 0 aromatic carbocycles. The van der Waals surface area contributed by atoms with Crippen molar-refractivity contribution in [2.24, 2.45) is 17.5 Å². The van der Waals surface area contributed by atoms with Gasteiger partial charge in [-0.25, -0.2) is 10.8 Å². The van der Waals surface area contributed by atoms with Crippen LogP contribution in [-0.2, 0) is 11.0 Å². The van der Waals surface area contributed by atoms with E-state index in [1.165, 1.54) is 0 Å². The number of anilines is 2. The summed E-state index contributed by atoms with van der Waals surface area (Å²) in [6.07, 6.45) is -4.66. The molecule has 20 heavy (non-hydrogen) atoms. The smallest absolute Gasteiger partial charge is 0.368 e. The fourth-order valence-electron chi connectivity index (χ4n) is 1.46. The lowest BCUT2D eigenvalue weighted by Crippen LogP contribution is -2.40. The molecule has 0 saturated carbocycles. The number of carbonyl (C=O) groups excluding carboxylic acids is 1. The lowest BCUT2D eigenvalue weighted by Gasteiger charge is -2.20. The Morgan fingerprint density at radius 3 is 2.35 bits per heavy atom. The van der Waals surface area contributed by atoms with Gasteiger partial charge in [-0.2, -0.15) is 18.2 Å². The van der Waals surface area contributed by atoms with Crippen LogP contribution in [-0.4, -0.2) is 21.9 Å². The first-order valence-electron chi connectivity index (χ1n) is 5.64. The molecule has 10 heteroatoms. The molecule has 1 aromatic rings. The number of hydrazine groups is 1. The van der Waals surface area contributed by atoms with E-state index in [0.29, 0.717) is 6.07 Å². The Balaban J connectivity index is 3.14. The SMILES string of the molecule is CC(C)C(Nc1cc(C(F)(F)F)nc(NN)n1)C(N)=O. The molecule has 1 rings (SSSR count). The first-order valence-corrected chi connectivity index (χ1v) is 5.64. The number of rotatable bonds is 5. The summed E-state index contributed by atoms with van der Waals surface area (Å²) in [4.78, 5) is 18.1. The second kappa shape index (κ2) is 5.90. The van der Waals surface area contributed by atoms with Crippen molar-refractivity contribution >= 4 is 17.7 Å². The average molecular weight is 292 g/mol. The number of nitrogen functional groups attached to an aromatic ring is 1. The molecule has 1 heterocycles. The molecule has 0 bridgehead atoms. The van der Waals surface area contributed by atoms with Crippen LogP contribution in [0, 0.1) is 5.92 Å². The van der Waals surface area contributed by atoms with Gasteiger partial charge in [-0.15, -0.1) is 0 Å². The van der Waals surface area contributed by atoms with E-state index in [-0.39, 0.29) is 11.7 Å². The van der Waals surface area contributed by atoms with Gasteiger partial charge < -0.3 is 11.1 Å². The van der Waals surface area contributed by atoms with Crippen molar-refractivity contribution in [3.8, 4) is 0 Å². The first kappa shape index (κ1) is 16.0. The van der Waals surface area contributed by atoms with E-state index in [2.05, 4.69) is 15.3 Å². The van der Waals surface area contributed by atoms with Crippen LogP contribution in [0.4, 0.5) is 24.9 Å². The Kier molecular flexibility index (Phi) is 4.71. The minimum absolute atomic E-state index is 0.197. The maximum absolute atomic E-state index is 12.7. The van der Waals surface area contributed by atoms with Gasteiger partial charge in [-0.05, 0) is 5.92 Å². The highest BCUT2D eigenvalue weighted by Gasteiger charge is 2.34. The Labute approximate surface area is 112 Å². The molecule has 1 aromatic heterocycles. The van der Waals surface area contributed by atoms with Gasteiger partial charge >= 0.3 is 6.18 Å². The average Bonchev–Trinajstić information content (AvgIpc) is 2.33. The third kappa shape index (κ3) is 3.95. The van der Waals surface area contributed by atoms with E-state index in [9.17, 15) is 18.0 Å². The van der Waals surface area contributed by atoms with Gasteiger partial charge in [0.25, 0.3) is 0 Å². The second-order valence-corrected chi connectivity index (χ2v) is 4.37. The number of alkyl halides is 3. The van der Waals surface area contributed by atoms with Crippen LogP contribution in [0.3, 0.4) is 0 Å². The molecule has 1 unspecified atom stereocenters. The third-order valence-corrected chi connectivity index (χ3v) is 2.42. The molecule has 1 amide bonds. The number of aromatic nitrogens is 2. The van der Waals surface area contributed by atoms with Gasteiger partial charge in [0.1, 0.15) is 11.9 Å². The number of carbonyl (C=O) groups is 1. The van der Waals surface area contributed by atoms with E-state index < -0.39 is 29.8 Å². The van der Waals surface area contributed by atoms with E-state index in [1.807, 2.05) is 5.43 Å². The molecule has 0 aliphatic rings. The van der Waals surface area contributed by atoms with E-state index in [4.69, 9.17) is 11.6 Å². The summed E-state index contributed by atoms with van der Waals surface area (Å²) in [6.45, 7) is 3.38. The van der Waals surface area contributed by atoms with Crippen LogP contribution in [0.1, 0.15) is 19.5 Å². The van der Waals surface area contributed by atoms with Crippen molar-refractivity contribution in [1.29, 1.82) is 0 Å². The van der Waals surface area contributed by atoms with Gasteiger partial charge in [-0.1, -0.05) is 13.8 Å². The molecule has 0 saturated heterocycles. The zero-order valence-electron chi connectivity index (χ0n) is 10.8. The fraction of sp³-hybridized carbons (Fsp3) is 0.500. The quantitative estimate of drug-likeness (QED) is 0.468. The van der Waals surface area contributed by atoms with Gasteiger partial charge in [0.15, 0.2) is 5.69 Å². The molecule has 0 fully saturated rings. The zero-order chi connectivity index (χ0) is 15.5. The normalized spacial score (nSPS) is 13.2. The number of nitrogens with two attached hydrogens (primary N) is 2. The van der Waals surface area contributed by atoms with Crippen molar-refractivity contribution < 1.29 is 18.0 Å². The van der Waals surface area contributed by atoms with Crippen molar-refractivity contribution in [3.63, 3.8) is 0 Å². The van der Waals surface area contributed by atoms with Gasteiger partial charge in [0.2, 0.25) is 11.9 Å². The summed E-state index contributed by atoms with van der Waals surface area (Å²) in [6, 6.07) is -0.185. The number of amides is 1. The Hall–Kier alpha value is -2.10. The van der Waals surface area contributed by atoms with Crippen molar-refractivity contribution in [1.82, 2.24) is 9.97 Å². The van der Waals surface area contributed by atoms with Crippen LogP contribution in [0.15, 0.2) is 6.07 Å². The monoisotopic (exact) mass is 292 g/mol. The molecule has 0 spiro atoms. The maximum atomic E-state index is 12.7. The van der Waals surface area contributed by atoms with Crippen LogP contribution in [0.25, 0.3) is 0 Å². The maximum Gasteiger partial charge on any atom is 0.433 e. The summed E-state index contributed by atoms with van der Waals surface area (Å²) < 4.78 is 38.0. The van der Waals surface area contributed by atoms with Crippen molar-refractivity contribution in [2.45, 2.75) is 26.1 Å². The lowest BCUT2D eigenvalue weighted by atomic mass is 10.0. The van der Waals surface area contributed by atoms with Crippen molar-refractivity contribution in [3.05, 3.63) is 11.8 Å². The number of primary amides is 1. The van der Waals surface area contributed by atoms with E-state index >= 15 is 0 Å². The van der Waals surface area contributed by atoms with Gasteiger partial charge in [-0.3, -0.25) is 10.2 Å². The molecule has 0 radical (unpaired) electrons. The number of hydrogen-bond acceptors (Lipinski definition) is 6. The Morgan fingerprint density at radius 1 is 1.35 bits per heavy atom. The first-order chi connectivity index (χ1) is 9.15. The predicted octanol–water partition coefficient (Wildman–Crippen LogP) is 0.703. The minimum atomic E-state index is -4.66. The molecule has 7 nitrogen and oxygen atoms in total. The number of hydrogen-bond donors (Lipinski definition) is 4. The summed E-state index contributed by atoms with van der Waals surface area (Å²) in [5.41, 5.74) is 5.92. The molecular formula is C10H15F3N6O. The zero-order valence-corrected chi connectivity index (χ0v) is 10.8. The van der Waals surface area contributed by atoms with Crippen molar-refractivity contribution in [2.75, 3.05) is 10.7 Å². The summed E-state index contributed by atoms with van der Waals surface area (Å²) in [7, 11) is 0. The standard InChI is InChI=1S/C10H15F3N6O/c1-4(2)7(8(14)20)17-6-3-5(10(11,12)13)16-9(18-6)19-15/h3-4,7H,15H2,1-2H3,(H2,14,20)(H2,16,17,18,19). The minimum Gasteiger partial charge on any atom is -0.368 e. The fourth-order valence-corrected chi connectivity index (χ4v) is 1.46. The number of nitrogens with one attached hydrogen (secondary N) is 2. The molecule has 0 aliphatic heterocycles. The van der Waals surface area contributed by atoms with Gasteiger partial charge in [0, 0.05) is 6.07 Å². The second-order valence-electron chi connectivity index (χ2n) is 4.37. The summed E-state index contributed by atoms with van der Waals surface area (Å²) in [5.74, 6) is 3.47. The number of halogens is 3. The third-order valence-electron chi connectivity index (χ3n) is 2.42. The molecule has 1 atom stereocenters. The topological polar surface area (TPSA) is 119 Å². The predicted molar refractivity (Wildman–Crippen MR) is 66.3 cm³/mol. The largest absolute Gasteiger partial charge is 0.433 e.